The molecule has 6 unspecified atom stereocenters. The summed E-state index contributed by atoms with van der Waals surface area (Å²) in [7, 11) is 0. The van der Waals surface area contributed by atoms with Crippen LogP contribution in [0, 0.1) is 40.4 Å². The molecule has 6 atom stereocenters. The number of allylic oxidation sites excluding steroid dienone is 4. The number of Topliss-reactive ketones (excluding diaryl/α,β-unsaturated/α-hetero) is 1. The van der Waals surface area contributed by atoms with Gasteiger partial charge in [0.05, 0.1) is 6.10 Å². The van der Waals surface area contributed by atoms with E-state index in [2.05, 4.69) is 47.6 Å². The normalized spacial score (nSPS) is 40.5. The van der Waals surface area contributed by atoms with Gasteiger partial charge < -0.3 is 5.11 Å². The monoisotopic (exact) mass is 412 g/mol. The summed E-state index contributed by atoms with van der Waals surface area (Å²) in [5, 5.41) is 11.4. The van der Waals surface area contributed by atoms with E-state index in [0.29, 0.717) is 29.5 Å². The van der Waals surface area contributed by atoms with Gasteiger partial charge in [0.1, 0.15) is 0 Å². The third-order valence-corrected chi connectivity index (χ3v) is 8.92. The van der Waals surface area contributed by atoms with Crippen LogP contribution in [0.2, 0.25) is 0 Å². The first kappa shape index (κ1) is 22.3. The topological polar surface area (TPSA) is 37.3 Å². The molecule has 0 amide bonds. The van der Waals surface area contributed by atoms with Crippen LogP contribution in [0.15, 0.2) is 22.8 Å². The first-order chi connectivity index (χ1) is 14.0. The summed E-state index contributed by atoms with van der Waals surface area (Å²) in [5.74, 6) is 2.29. The van der Waals surface area contributed by atoms with Crippen molar-refractivity contribution < 1.29 is 9.90 Å². The number of ketones is 1. The van der Waals surface area contributed by atoms with Crippen LogP contribution < -0.4 is 0 Å². The highest BCUT2D eigenvalue weighted by atomic mass is 16.3. The van der Waals surface area contributed by atoms with Gasteiger partial charge in [-0.2, -0.15) is 0 Å². The van der Waals surface area contributed by atoms with Crippen molar-refractivity contribution in [1.29, 1.82) is 0 Å². The third kappa shape index (κ3) is 3.87. The zero-order valence-electron chi connectivity index (χ0n) is 20.3. The fourth-order valence-electron chi connectivity index (χ4n) is 7.23. The minimum atomic E-state index is -0.182. The molecule has 2 heteroatoms. The highest BCUT2D eigenvalue weighted by molar-refractivity contribution is 6.00. The molecule has 4 aliphatic rings. The summed E-state index contributed by atoms with van der Waals surface area (Å²) in [6.07, 6.45) is 12.8. The first-order valence-corrected chi connectivity index (χ1v) is 12.7. The van der Waals surface area contributed by atoms with E-state index in [1.807, 2.05) is 0 Å². The van der Waals surface area contributed by atoms with Crippen molar-refractivity contribution in [2.45, 2.75) is 105 Å². The van der Waals surface area contributed by atoms with E-state index in [0.717, 1.165) is 24.8 Å². The maximum atomic E-state index is 13.5. The van der Waals surface area contributed by atoms with Gasteiger partial charge in [0.2, 0.25) is 0 Å². The smallest absolute Gasteiger partial charge is 0.163 e. The molecule has 0 bridgehead atoms. The average molecular weight is 413 g/mol. The van der Waals surface area contributed by atoms with Gasteiger partial charge in [-0.3, -0.25) is 4.79 Å². The van der Waals surface area contributed by atoms with Gasteiger partial charge in [-0.1, -0.05) is 78.9 Å². The van der Waals surface area contributed by atoms with Gasteiger partial charge in [0.15, 0.2) is 5.78 Å². The van der Waals surface area contributed by atoms with E-state index in [4.69, 9.17) is 0 Å². The number of hydrogen-bond donors (Lipinski definition) is 1. The highest BCUT2D eigenvalue weighted by Crippen LogP contribution is 2.55. The summed E-state index contributed by atoms with van der Waals surface area (Å²) in [6.45, 7) is 13.5. The molecule has 3 saturated carbocycles. The number of rotatable bonds is 0. The van der Waals surface area contributed by atoms with Crippen LogP contribution >= 0.6 is 0 Å². The number of aliphatic hydroxyl groups is 1. The Morgan fingerprint density at radius 1 is 0.833 bits per heavy atom. The average Bonchev–Trinajstić information content (AvgIpc) is 2.67. The van der Waals surface area contributed by atoms with Gasteiger partial charge >= 0.3 is 0 Å². The molecular weight excluding hydrogens is 368 g/mol. The van der Waals surface area contributed by atoms with Gasteiger partial charge in [0, 0.05) is 11.5 Å². The number of carbonyl (C=O) groups excluding carboxylic acids is 1. The number of aliphatic hydroxyl groups excluding tert-OH is 1. The second kappa shape index (κ2) is 7.91. The van der Waals surface area contributed by atoms with Crippen molar-refractivity contribution >= 4 is 5.78 Å². The molecule has 30 heavy (non-hydrogen) atoms. The van der Waals surface area contributed by atoms with Crippen LogP contribution in [0.25, 0.3) is 0 Å². The molecule has 4 aliphatic carbocycles. The van der Waals surface area contributed by atoms with E-state index in [1.54, 1.807) is 5.57 Å². The van der Waals surface area contributed by atoms with Crippen LogP contribution in [0.3, 0.4) is 0 Å². The molecule has 3 fully saturated rings. The Kier molecular flexibility index (Phi) is 5.88. The predicted molar refractivity (Wildman–Crippen MR) is 124 cm³/mol. The molecule has 0 aromatic carbocycles. The van der Waals surface area contributed by atoms with Crippen LogP contribution in [0.4, 0.5) is 0 Å². The Morgan fingerprint density at radius 2 is 1.40 bits per heavy atom. The van der Waals surface area contributed by atoms with Crippen LogP contribution in [-0.2, 0) is 4.79 Å². The van der Waals surface area contributed by atoms with E-state index >= 15 is 0 Å². The van der Waals surface area contributed by atoms with Crippen LogP contribution in [0.5, 0.6) is 0 Å². The Hall–Kier alpha value is -0.890. The molecule has 168 valence electrons. The maximum absolute atomic E-state index is 13.5. The van der Waals surface area contributed by atoms with E-state index < -0.39 is 0 Å². The zero-order chi connectivity index (χ0) is 21.8. The molecule has 0 heterocycles. The number of fused-ring (bicyclic) bond motifs is 2. The van der Waals surface area contributed by atoms with Crippen molar-refractivity contribution in [2.75, 3.05) is 0 Å². The second-order valence-electron chi connectivity index (χ2n) is 12.9. The van der Waals surface area contributed by atoms with Crippen molar-refractivity contribution in [2.24, 2.45) is 40.4 Å². The molecule has 0 saturated heterocycles. The predicted octanol–water partition coefficient (Wildman–Crippen LogP) is 6.88. The Labute approximate surface area is 184 Å². The van der Waals surface area contributed by atoms with Gasteiger partial charge in [-0.05, 0) is 72.2 Å². The van der Waals surface area contributed by atoms with Gasteiger partial charge in [-0.25, -0.2) is 0 Å². The van der Waals surface area contributed by atoms with Crippen molar-refractivity contribution in [3.8, 4) is 0 Å². The Bertz CT molecular complexity index is 742. The fraction of sp³-hybridized carbons (Fsp3) is 0.821. The highest BCUT2D eigenvalue weighted by Gasteiger charge is 2.49. The zero-order valence-corrected chi connectivity index (χ0v) is 20.3. The molecule has 0 aromatic heterocycles. The Morgan fingerprint density at radius 3 is 2.00 bits per heavy atom. The minimum Gasteiger partial charge on any atom is -0.392 e. The lowest BCUT2D eigenvalue weighted by Crippen LogP contribution is -2.47. The van der Waals surface area contributed by atoms with E-state index in [9.17, 15) is 9.90 Å². The van der Waals surface area contributed by atoms with E-state index in [1.165, 1.54) is 44.1 Å². The van der Waals surface area contributed by atoms with Crippen LogP contribution in [0.1, 0.15) is 99.3 Å². The Balaban J connectivity index is 1.87. The lowest BCUT2D eigenvalue weighted by molar-refractivity contribution is -0.122. The summed E-state index contributed by atoms with van der Waals surface area (Å²) in [6, 6.07) is 0. The standard InChI is InChI=1S/C28H44O2/c1-27(2,3)23-15-21(17-11-7-9-13-19(17)25(23)29)22-16-24(28(4,5)6)26(30)20-14-10-8-12-18(20)22/h15,17-20,24,26,30H,7-14,16H2,1-6H3/b22-21+. The summed E-state index contributed by atoms with van der Waals surface area (Å²) in [4.78, 5) is 13.5. The SMILES string of the molecule is CC(C)(C)C1=C/C(=C2/CC(C(C)(C)C)C(O)C3CCCCC23)C2CCCCC2C1=O. The third-order valence-electron chi connectivity index (χ3n) is 8.92. The molecule has 0 aliphatic heterocycles. The molecule has 1 N–H and O–H groups in total. The van der Waals surface area contributed by atoms with E-state index in [-0.39, 0.29) is 22.9 Å². The first-order valence-electron chi connectivity index (χ1n) is 12.7. The van der Waals surface area contributed by atoms with Gasteiger partial charge in [-0.15, -0.1) is 0 Å². The quantitative estimate of drug-likeness (QED) is 0.471. The summed E-state index contributed by atoms with van der Waals surface area (Å²) < 4.78 is 0. The van der Waals surface area contributed by atoms with Gasteiger partial charge in [0.25, 0.3) is 0 Å². The summed E-state index contributed by atoms with van der Waals surface area (Å²) in [5.41, 5.74) is 4.22. The maximum Gasteiger partial charge on any atom is 0.163 e. The largest absolute Gasteiger partial charge is 0.392 e. The number of carbonyl (C=O) groups is 1. The molecule has 2 nitrogen and oxygen atoms in total. The van der Waals surface area contributed by atoms with Crippen molar-refractivity contribution in [3.05, 3.63) is 22.8 Å². The lowest BCUT2D eigenvalue weighted by Gasteiger charge is -2.51. The summed E-state index contributed by atoms with van der Waals surface area (Å²) >= 11 is 0. The molecule has 0 aromatic rings. The molecular formula is C28H44O2. The molecule has 0 spiro atoms. The number of hydrogen-bond acceptors (Lipinski definition) is 2. The molecule has 4 rings (SSSR count). The lowest BCUT2D eigenvalue weighted by atomic mass is 9.55. The van der Waals surface area contributed by atoms with Crippen molar-refractivity contribution in [3.63, 3.8) is 0 Å². The minimum absolute atomic E-state index is 0.0979. The van der Waals surface area contributed by atoms with Crippen LogP contribution in [-0.4, -0.2) is 17.0 Å². The fourth-order valence-corrected chi connectivity index (χ4v) is 7.23. The second-order valence-corrected chi connectivity index (χ2v) is 12.9. The van der Waals surface area contributed by atoms with Crippen molar-refractivity contribution in [1.82, 2.24) is 0 Å². The molecule has 0 radical (unpaired) electrons.